The molecule has 10 nitrogen and oxygen atoms in total. The van der Waals surface area contributed by atoms with Crippen LogP contribution in [0.25, 0.3) is 0 Å². The number of imide groups is 2. The normalized spacial score (nSPS) is 29.0. The highest BCUT2D eigenvalue weighted by atomic mass is 35.5. The highest BCUT2D eigenvalue weighted by molar-refractivity contribution is 6.32. The number of phenols is 1. The maximum atomic E-state index is 14.5. The molecule has 3 fully saturated rings. The van der Waals surface area contributed by atoms with Crippen molar-refractivity contribution in [3.05, 3.63) is 63.4 Å². The predicted octanol–water partition coefficient (Wildman–Crippen LogP) is 4.94. The fourth-order valence-corrected chi connectivity index (χ4v) is 8.25. The van der Waals surface area contributed by atoms with Crippen LogP contribution >= 0.6 is 23.2 Å². The second-order valence-electron chi connectivity index (χ2n) is 12.1. The van der Waals surface area contributed by atoms with Gasteiger partial charge in [0.25, 0.3) is 0 Å². The zero-order chi connectivity index (χ0) is 32.5. The Morgan fingerprint density at radius 2 is 1.80 bits per heavy atom. The van der Waals surface area contributed by atoms with Crippen LogP contribution in [0.4, 0.5) is 10.1 Å². The summed E-state index contributed by atoms with van der Waals surface area (Å²) in [6, 6.07) is 6.61. The molecule has 0 aromatic heterocycles. The van der Waals surface area contributed by atoms with Crippen molar-refractivity contribution in [2.24, 2.45) is 29.1 Å². The SMILES string of the molecule is COc1cc([C@H]2C3=CC[C@@H]4C(=O)N(CCCC(=O)O)C(=O)[C@@H]4[C@@H]3C[C@H]3C(=O)N(c4ccc(F)c(Cl)c4)C(=O)[C@@]23C)cc(Cl)c1O. The fraction of sp³-hybridized carbons (Fsp3) is 0.406. The molecule has 0 unspecified atom stereocenters. The van der Waals surface area contributed by atoms with E-state index in [9.17, 15) is 33.5 Å². The first-order valence-electron chi connectivity index (χ1n) is 14.5. The summed E-state index contributed by atoms with van der Waals surface area (Å²) in [7, 11) is 1.35. The molecule has 2 aliphatic carbocycles. The average molecular weight is 659 g/mol. The number of phenolic OH excluding ortho intramolecular Hbond substituents is 1. The summed E-state index contributed by atoms with van der Waals surface area (Å²) in [6.07, 6.45) is 2.04. The maximum absolute atomic E-state index is 14.5. The molecule has 2 heterocycles. The van der Waals surface area contributed by atoms with Crippen LogP contribution in [-0.2, 0) is 24.0 Å². The molecule has 6 atom stereocenters. The summed E-state index contributed by atoms with van der Waals surface area (Å²) < 4.78 is 19.4. The zero-order valence-corrected chi connectivity index (χ0v) is 25.8. The van der Waals surface area contributed by atoms with E-state index in [1.807, 2.05) is 6.08 Å². The Hall–Kier alpha value is -3.96. The number of anilines is 1. The van der Waals surface area contributed by atoms with Crippen LogP contribution in [0.15, 0.2) is 42.0 Å². The Kier molecular flexibility index (Phi) is 7.68. The molecule has 1 saturated carbocycles. The summed E-state index contributed by atoms with van der Waals surface area (Å²) in [5.74, 6) is -7.85. The van der Waals surface area contributed by atoms with Gasteiger partial charge in [0, 0.05) is 18.9 Å². The molecule has 0 radical (unpaired) electrons. The van der Waals surface area contributed by atoms with Gasteiger partial charge < -0.3 is 14.9 Å². The van der Waals surface area contributed by atoms with E-state index in [0.717, 1.165) is 15.9 Å². The zero-order valence-electron chi connectivity index (χ0n) is 24.3. The molecule has 2 aromatic rings. The number of allylic oxidation sites excluding steroid dienone is 2. The van der Waals surface area contributed by atoms with Gasteiger partial charge in [0.2, 0.25) is 23.6 Å². The highest BCUT2D eigenvalue weighted by Gasteiger charge is 2.67. The summed E-state index contributed by atoms with van der Waals surface area (Å²) in [6.45, 7) is 1.63. The van der Waals surface area contributed by atoms with Gasteiger partial charge in [-0.05, 0) is 68.0 Å². The number of hydrogen-bond acceptors (Lipinski definition) is 7. The molecule has 2 saturated heterocycles. The van der Waals surface area contributed by atoms with Crippen LogP contribution in [-0.4, -0.2) is 58.4 Å². The van der Waals surface area contributed by atoms with Gasteiger partial charge in [-0.25, -0.2) is 9.29 Å². The van der Waals surface area contributed by atoms with Crippen molar-refractivity contribution in [3.63, 3.8) is 0 Å². The quantitative estimate of drug-likeness (QED) is 0.315. The Balaban J connectivity index is 1.48. The smallest absolute Gasteiger partial charge is 0.303 e. The van der Waals surface area contributed by atoms with E-state index in [4.69, 9.17) is 33.0 Å². The Morgan fingerprint density at radius 3 is 2.47 bits per heavy atom. The molecule has 2 aliphatic heterocycles. The van der Waals surface area contributed by atoms with Crippen molar-refractivity contribution in [3.8, 4) is 11.5 Å². The monoisotopic (exact) mass is 658 g/mol. The Morgan fingerprint density at radius 1 is 1.07 bits per heavy atom. The van der Waals surface area contributed by atoms with Crippen LogP contribution in [0.2, 0.25) is 10.0 Å². The third-order valence-electron chi connectivity index (χ3n) is 9.90. The van der Waals surface area contributed by atoms with Gasteiger partial charge in [0.05, 0.1) is 46.0 Å². The van der Waals surface area contributed by atoms with Crippen LogP contribution in [0, 0.1) is 34.9 Å². The van der Waals surface area contributed by atoms with E-state index >= 15 is 0 Å². The first-order chi connectivity index (χ1) is 21.3. The first kappa shape index (κ1) is 31.0. The number of carbonyl (C=O) groups is 5. The number of hydrogen-bond donors (Lipinski definition) is 2. The van der Waals surface area contributed by atoms with Gasteiger partial charge in [-0.2, -0.15) is 0 Å². The number of ether oxygens (including phenoxy) is 1. The summed E-state index contributed by atoms with van der Waals surface area (Å²) in [5.41, 5.74) is -0.163. The van der Waals surface area contributed by atoms with Gasteiger partial charge in [-0.3, -0.25) is 28.9 Å². The second-order valence-corrected chi connectivity index (χ2v) is 13.0. The lowest BCUT2D eigenvalue weighted by Crippen LogP contribution is -2.48. The number of likely N-dealkylation sites (tertiary alicyclic amines) is 1. The van der Waals surface area contributed by atoms with E-state index < -0.39 is 64.5 Å². The lowest BCUT2D eigenvalue weighted by atomic mass is 9.51. The Labute approximate surface area is 267 Å². The number of methoxy groups -OCH3 is 1. The van der Waals surface area contributed by atoms with Crippen LogP contribution in [0.3, 0.4) is 0 Å². The lowest BCUT2D eigenvalue weighted by Gasteiger charge is -2.49. The van der Waals surface area contributed by atoms with E-state index in [-0.39, 0.29) is 65.4 Å². The molecular weight excluding hydrogens is 630 g/mol. The largest absolute Gasteiger partial charge is 0.503 e. The van der Waals surface area contributed by atoms with Gasteiger partial charge in [-0.15, -0.1) is 0 Å². The second kappa shape index (κ2) is 11.1. The molecule has 2 N–H and O–H groups in total. The molecule has 13 heteroatoms. The van der Waals surface area contributed by atoms with Crippen LogP contribution < -0.4 is 9.64 Å². The maximum Gasteiger partial charge on any atom is 0.303 e. The standard InChI is InChI=1S/C32H29Cl2FN2O8/c1-32-19(29(42)37(31(32)44)15-5-8-22(35)20(33)12-15)13-18-16(26(32)14-10-21(34)27(40)23(11-14)45-2)6-7-17-25(18)30(43)36(28(17)41)9-3-4-24(38)39/h5-6,8,10-12,17-19,25-26,40H,3-4,7,9,13H2,1-2H3,(H,38,39)/t17-,18+,19-,25-,26-,32+/m0/s1. The number of benzene rings is 2. The molecule has 6 rings (SSSR count). The third kappa shape index (κ3) is 4.62. The molecule has 2 aromatic carbocycles. The first-order valence-corrected chi connectivity index (χ1v) is 15.2. The number of halogens is 3. The summed E-state index contributed by atoms with van der Waals surface area (Å²) in [5, 5.41) is 19.2. The van der Waals surface area contributed by atoms with Gasteiger partial charge in [-0.1, -0.05) is 34.9 Å². The van der Waals surface area contributed by atoms with Gasteiger partial charge in [0.15, 0.2) is 11.5 Å². The highest BCUT2D eigenvalue weighted by Crippen LogP contribution is 2.64. The third-order valence-corrected chi connectivity index (χ3v) is 10.5. The fourth-order valence-electron chi connectivity index (χ4n) is 7.86. The lowest BCUT2D eigenvalue weighted by molar-refractivity contribution is -0.142. The van der Waals surface area contributed by atoms with Crippen molar-refractivity contribution in [2.75, 3.05) is 18.6 Å². The topological polar surface area (TPSA) is 142 Å². The molecular formula is C32H29Cl2FN2O8. The van der Waals surface area contributed by atoms with Crippen molar-refractivity contribution in [2.45, 2.75) is 38.5 Å². The number of nitrogens with zero attached hydrogens (tertiary/aromatic N) is 2. The van der Waals surface area contributed by atoms with E-state index in [1.54, 1.807) is 13.0 Å². The molecule has 4 aliphatic rings. The number of carboxylic acids is 1. The minimum atomic E-state index is -1.41. The minimum absolute atomic E-state index is 0.0368. The average Bonchev–Trinajstić information content (AvgIpc) is 3.35. The molecule has 236 valence electrons. The van der Waals surface area contributed by atoms with Crippen LogP contribution in [0.5, 0.6) is 11.5 Å². The van der Waals surface area contributed by atoms with E-state index in [0.29, 0.717) is 11.1 Å². The summed E-state index contributed by atoms with van der Waals surface area (Å²) >= 11 is 12.4. The van der Waals surface area contributed by atoms with Gasteiger partial charge >= 0.3 is 5.97 Å². The predicted molar refractivity (Wildman–Crippen MR) is 159 cm³/mol. The van der Waals surface area contributed by atoms with Crippen molar-refractivity contribution >= 4 is 58.5 Å². The van der Waals surface area contributed by atoms with Crippen molar-refractivity contribution < 1.29 is 43.3 Å². The number of aliphatic carboxylic acids is 1. The van der Waals surface area contributed by atoms with Crippen molar-refractivity contribution in [1.82, 2.24) is 4.90 Å². The van der Waals surface area contributed by atoms with E-state index in [2.05, 4.69) is 0 Å². The minimum Gasteiger partial charge on any atom is -0.503 e. The number of fused-ring (bicyclic) bond motifs is 4. The number of amides is 4. The van der Waals surface area contributed by atoms with Crippen molar-refractivity contribution in [1.29, 1.82) is 0 Å². The molecule has 45 heavy (non-hydrogen) atoms. The molecule has 4 amide bonds. The number of carboxylic acid groups (broad SMARTS) is 1. The molecule has 0 bridgehead atoms. The number of carbonyl (C=O) groups excluding carboxylic acids is 4. The van der Waals surface area contributed by atoms with E-state index in [1.165, 1.54) is 25.3 Å². The number of rotatable bonds is 7. The Bertz CT molecular complexity index is 1710. The van der Waals surface area contributed by atoms with Gasteiger partial charge in [0.1, 0.15) is 5.82 Å². The summed E-state index contributed by atoms with van der Waals surface area (Å²) in [4.78, 5) is 69.1. The number of aromatic hydroxyl groups is 1. The van der Waals surface area contributed by atoms with Crippen LogP contribution in [0.1, 0.15) is 44.1 Å². The molecule has 0 spiro atoms.